The van der Waals surface area contributed by atoms with Crippen LogP contribution in [0.2, 0.25) is 0 Å². The number of hydrogen-bond donors (Lipinski definition) is 3. The molecule has 31 heavy (non-hydrogen) atoms. The van der Waals surface area contributed by atoms with E-state index in [0.29, 0.717) is 24.6 Å². The van der Waals surface area contributed by atoms with E-state index in [0.717, 1.165) is 18.6 Å². The smallest absolute Gasteiger partial charge is 0.251 e. The van der Waals surface area contributed by atoms with E-state index in [4.69, 9.17) is 15.2 Å². The van der Waals surface area contributed by atoms with E-state index in [1.165, 1.54) is 0 Å². The second-order valence-corrected chi connectivity index (χ2v) is 10.5. The SMILES string of the molecule is CNC(C)(C)C(C)C(C)Oc1ccc(C(=O)NCCC(C)(C)OCCC(C)(C)N)cc1. The van der Waals surface area contributed by atoms with Crippen molar-refractivity contribution in [3.05, 3.63) is 29.8 Å². The largest absolute Gasteiger partial charge is 0.490 e. The second-order valence-electron chi connectivity index (χ2n) is 10.5. The molecule has 1 aromatic carbocycles. The first-order valence-corrected chi connectivity index (χ1v) is 11.3. The van der Waals surface area contributed by atoms with E-state index in [2.05, 4.69) is 38.3 Å². The fraction of sp³-hybridized carbons (Fsp3) is 0.720. The van der Waals surface area contributed by atoms with Crippen molar-refractivity contribution in [1.29, 1.82) is 0 Å². The summed E-state index contributed by atoms with van der Waals surface area (Å²) >= 11 is 0. The third-order valence-electron chi connectivity index (χ3n) is 6.18. The van der Waals surface area contributed by atoms with Crippen LogP contribution in [0.4, 0.5) is 0 Å². The molecule has 1 aromatic rings. The summed E-state index contributed by atoms with van der Waals surface area (Å²) in [4.78, 5) is 12.5. The number of benzene rings is 1. The normalized spacial score (nSPS) is 14.8. The van der Waals surface area contributed by atoms with Crippen LogP contribution in [0.3, 0.4) is 0 Å². The molecule has 2 unspecified atom stereocenters. The van der Waals surface area contributed by atoms with E-state index in [1.54, 1.807) is 12.1 Å². The van der Waals surface area contributed by atoms with Gasteiger partial charge in [0.2, 0.25) is 0 Å². The maximum absolute atomic E-state index is 12.5. The lowest BCUT2D eigenvalue weighted by Crippen LogP contribution is -2.48. The number of nitrogens with one attached hydrogen (secondary N) is 2. The number of ether oxygens (including phenoxy) is 2. The Morgan fingerprint density at radius 2 is 1.61 bits per heavy atom. The third-order valence-corrected chi connectivity index (χ3v) is 6.18. The lowest BCUT2D eigenvalue weighted by atomic mass is 9.85. The first kappa shape index (κ1) is 27.4. The second kappa shape index (κ2) is 11.3. The number of rotatable bonds is 13. The van der Waals surface area contributed by atoms with E-state index >= 15 is 0 Å². The van der Waals surface area contributed by atoms with Crippen LogP contribution in [0.15, 0.2) is 24.3 Å². The molecule has 1 rings (SSSR count). The average Bonchev–Trinajstić information content (AvgIpc) is 2.66. The third kappa shape index (κ3) is 10.0. The molecular weight excluding hydrogens is 390 g/mol. The number of carbonyl (C=O) groups excluding carboxylic acids is 1. The molecule has 0 radical (unpaired) electrons. The number of amides is 1. The van der Waals surface area contributed by atoms with Gasteiger partial charge in [-0.1, -0.05) is 6.92 Å². The van der Waals surface area contributed by atoms with Gasteiger partial charge in [0, 0.05) is 35.7 Å². The van der Waals surface area contributed by atoms with E-state index in [1.807, 2.05) is 46.9 Å². The minimum absolute atomic E-state index is 0.0305. The fourth-order valence-corrected chi connectivity index (χ4v) is 3.06. The van der Waals surface area contributed by atoms with Crippen LogP contribution in [-0.4, -0.2) is 48.9 Å². The van der Waals surface area contributed by atoms with Crippen LogP contribution in [-0.2, 0) is 4.74 Å². The predicted molar refractivity (Wildman–Crippen MR) is 129 cm³/mol. The molecule has 0 fully saturated rings. The molecule has 0 saturated carbocycles. The van der Waals surface area contributed by atoms with Crippen molar-refractivity contribution in [2.45, 2.75) is 91.0 Å². The standard InChI is InChI=1S/C25H45N3O3/c1-18(25(7,8)27-9)19(2)31-21-12-10-20(11-13-21)22(29)28-16-14-24(5,6)30-17-15-23(3,4)26/h10-13,18-19,27H,14-17,26H2,1-9H3,(H,28,29). The molecule has 0 aromatic heterocycles. The summed E-state index contributed by atoms with van der Waals surface area (Å²) in [5.41, 5.74) is 6.03. The van der Waals surface area contributed by atoms with Crippen molar-refractivity contribution in [2.75, 3.05) is 20.2 Å². The highest BCUT2D eigenvalue weighted by Crippen LogP contribution is 2.24. The highest BCUT2D eigenvalue weighted by Gasteiger charge is 2.29. The van der Waals surface area contributed by atoms with Gasteiger partial charge in [-0.3, -0.25) is 4.79 Å². The van der Waals surface area contributed by atoms with Gasteiger partial charge in [0.15, 0.2) is 0 Å². The summed E-state index contributed by atoms with van der Waals surface area (Å²) in [5, 5.41) is 6.31. The zero-order chi connectivity index (χ0) is 23.9. The topological polar surface area (TPSA) is 85.6 Å². The van der Waals surface area contributed by atoms with Crippen molar-refractivity contribution in [1.82, 2.24) is 10.6 Å². The lowest BCUT2D eigenvalue weighted by molar-refractivity contribution is -0.0283. The van der Waals surface area contributed by atoms with Gasteiger partial charge in [0.1, 0.15) is 11.9 Å². The molecule has 178 valence electrons. The summed E-state index contributed by atoms with van der Waals surface area (Å²) in [7, 11) is 1.96. The molecule has 2 atom stereocenters. The van der Waals surface area contributed by atoms with Crippen LogP contribution in [0.5, 0.6) is 5.75 Å². The van der Waals surface area contributed by atoms with Crippen molar-refractivity contribution in [3.63, 3.8) is 0 Å². The van der Waals surface area contributed by atoms with Gasteiger partial charge in [-0.25, -0.2) is 0 Å². The number of nitrogens with two attached hydrogens (primary N) is 1. The lowest BCUT2D eigenvalue weighted by Gasteiger charge is -2.35. The first-order chi connectivity index (χ1) is 14.2. The molecule has 4 N–H and O–H groups in total. The molecule has 6 nitrogen and oxygen atoms in total. The predicted octanol–water partition coefficient (Wildman–Crippen LogP) is 4.13. The van der Waals surface area contributed by atoms with Crippen molar-refractivity contribution < 1.29 is 14.3 Å². The molecule has 0 aliphatic rings. The molecule has 6 heteroatoms. The molecule has 0 aliphatic carbocycles. The summed E-state index contributed by atoms with van der Waals surface area (Å²) in [6.45, 7) is 17.8. The van der Waals surface area contributed by atoms with Crippen molar-refractivity contribution in [2.24, 2.45) is 11.7 Å². The molecular formula is C25H45N3O3. The Kier molecular flexibility index (Phi) is 9.99. The van der Waals surface area contributed by atoms with Gasteiger partial charge >= 0.3 is 0 Å². The Labute approximate surface area is 189 Å². The zero-order valence-electron chi connectivity index (χ0n) is 21.1. The maximum atomic E-state index is 12.5. The minimum atomic E-state index is -0.315. The first-order valence-electron chi connectivity index (χ1n) is 11.3. The fourth-order valence-electron chi connectivity index (χ4n) is 3.06. The van der Waals surface area contributed by atoms with Crippen LogP contribution in [0.25, 0.3) is 0 Å². The zero-order valence-corrected chi connectivity index (χ0v) is 21.1. The summed E-state index contributed by atoms with van der Waals surface area (Å²) in [6, 6.07) is 7.31. The van der Waals surface area contributed by atoms with Gasteiger partial charge in [0.25, 0.3) is 5.91 Å². The molecule has 1 amide bonds. The minimum Gasteiger partial charge on any atom is -0.490 e. The Morgan fingerprint density at radius 3 is 2.13 bits per heavy atom. The summed E-state index contributed by atoms with van der Waals surface area (Å²) in [5.74, 6) is 0.977. The number of hydrogen-bond acceptors (Lipinski definition) is 5. The maximum Gasteiger partial charge on any atom is 0.251 e. The molecule has 0 heterocycles. The van der Waals surface area contributed by atoms with Gasteiger partial charge in [-0.2, -0.15) is 0 Å². The highest BCUT2D eigenvalue weighted by atomic mass is 16.5. The monoisotopic (exact) mass is 435 g/mol. The quantitative estimate of drug-likeness (QED) is 0.434. The van der Waals surface area contributed by atoms with Gasteiger partial charge in [0.05, 0.1) is 5.60 Å². The van der Waals surface area contributed by atoms with Gasteiger partial charge in [-0.05, 0) is 92.6 Å². The Morgan fingerprint density at radius 1 is 1.03 bits per heavy atom. The van der Waals surface area contributed by atoms with Crippen LogP contribution in [0.1, 0.15) is 78.6 Å². The molecule has 0 spiro atoms. The molecule has 0 saturated heterocycles. The van der Waals surface area contributed by atoms with E-state index in [-0.39, 0.29) is 28.7 Å². The van der Waals surface area contributed by atoms with Crippen molar-refractivity contribution >= 4 is 5.91 Å². The summed E-state index contributed by atoms with van der Waals surface area (Å²) in [6.07, 6.45) is 1.55. The Balaban J connectivity index is 2.50. The highest BCUT2D eigenvalue weighted by molar-refractivity contribution is 5.94. The van der Waals surface area contributed by atoms with Crippen molar-refractivity contribution in [3.8, 4) is 5.75 Å². The number of carbonyl (C=O) groups is 1. The average molecular weight is 436 g/mol. The molecule has 0 bridgehead atoms. The van der Waals surface area contributed by atoms with Crippen LogP contribution in [0, 0.1) is 5.92 Å². The summed E-state index contributed by atoms with van der Waals surface area (Å²) < 4.78 is 12.0. The van der Waals surface area contributed by atoms with Gasteiger partial charge in [-0.15, -0.1) is 0 Å². The van der Waals surface area contributed by atoms with Gasteiger partial charge < -0.3 is 25.8 Å². The molecule has 0 aliphatic heterocycles. The van der Waals surface area contributed by atoms with Crippen LogP contribution >= 0.6 is 0 Å². The van der Waals surface area contributed by atoms with Crippen LogP contribution < -0.4 is 21.1 Å². The Bertz CT molecular complexity index is 678. The van der Waals surface area contributed by atoms with E-state index < -0.39 is 0 Å². The Hall–Kier alpha value is -1.63. The van der Waals surface area contributed by atoms with E-state index in [9.17, 15) is 4.79 Å².